The first-order chi connectivity index (χ1) is 9.68. The predicted octanol–water partition coefficient (Wildman–Crippen LogP) is 0.716. The van der Waals surface area contributed by atoms with E-state index in [0.717, 1.165) is 6.42 Å². The first kappa shape index (κ1) is 12.1. The van der Waals surface area contributed by atoms with Crippen LogP contribution in [0.4, 0.5) is 5.69 Å². The lowest BCUT2D eigenvalue weighted by Gasteiger charge is -2.28. The summed E-state index contributed by atoms with van der Waals surface area (Å²) in [6, 6.07) is 8.96. The van der Waals surface area contributed by atoms with Crippen molar-refractivity contribution in [2.45, 2.75) is 24.5 Å². The molecule has 3 aliphatic rings. The van der Waals surface area contributed by atoms with Gasteiger partial charge in [0.1, 0.15) is 5.60 Å². The molecule has 2 amide bonds. The average molecular weight is 273 g/mol. The molecule has 0 spiro atoms. The van der Waals surface area contributed by atoms with Crippen LogP contribution in [0.25, 0.3) is 0 Å². The maximum absolute atomic E-state index is 12.7. The van der Waals surface area contributed by atoms with Crippen LogP contribution < -0.4 is 4.90 Å². The summed E-state index contributed by atoms with van der Waals surface area (Å²) in [7, 11) is 0. The van der Waals surface area contributed by atoms with Gasteiger partial charge in [-0.05, 0) is 25.0 Å². The largest absolute Gasteiger partial charge is 0.393 e. The van der Waals surface area contributed by atoms with E-state index in [1.807, 2.05) is 6.07 Å². The molecule has 0 saturated carbocycles. The number of hydrogen-bond donors (Lipinski definition) is 1. The zero-order chi connectivity index (χ0) is 13.9. The van der Waals surface area contributed by atoms with E-state index in [4.69, 9.17) is 4.74 Å². The Hall–Kier alpha value is -1.72. The van der Waals surface area contributed by atoms with Crippen molar-refractivity contribution in [1.29, 1.82) is 0 Å². The molecule has 3 aliphatic heterocycles. The van der Waals surface area contributed by atoms with Crippen molar-refractivity contribution in [3.8, 4) is 0 Å². The maximum Gasteiger partial charge on any atom is 0.240 e. The minimum Gasteiger partial charge on any atom is -0.393 e. The maximum atomic E-state index is 12.7. The number of fused-ring (bicyclic) bond motifs is 5. The van der Waals surface area contributed by atoms with Crippen LogP contribution >= 0.6 is 0 Å². The lowest BCUT2D eigenvalue weighted by Crippen LogP contribution is -2.44. The summed E-state index contributed by atoms with van der Waals surface area (Å²) in [5.74, 6) is -1.38. The molecular formula is C15H15NO4. The van der Waals surface area contributed by atoms with Crippen molar-refractivity contribution < 1.29 is 19.4 Å². The molecule has 4 rings (SSSR count). The van der Waals surface area contributed by atoms with Gasteiger partial charge < -0.3 is 9.84 Å². The Morgan fingerprint density at radius 3 is 2.70 bits per heavy atom. The molecule has 0 aliphatic carbocycles. The van der Waals surface area contributed by atoms with Crippen LogP contribution in [-0.4, -0.2) is 35.2 Å². The lowest BCUT2D eigenvalue weighted by atomic mass is 9.73. The first-order valence-electron chi connectivity index (χ1n) is 6.89. The number of benzene rings is 1. The average Bonchev–Trinajstić information content (AvgIpc) is 3.11. The molecule has 5 nitrogen and oxygen atoms in total. The third kappa shape index (κ3) is 1.29. The van der Waals surface area contributed by atoms with Gasteiger partial charge in [0.25, 0.3) is 0 Å². The standard InChI is InChI=1S/C15H15NO4/c17-8-15-7-6-10(20-15)11-12(15)14(19)16(13(11)18)9-4-2-1-3-5-9/h1-5,10-12,17H,6-8H2. The van der Waals surface area contributed by atoms with Crippen LogP contribution in [-0.2, 0) is 14.3 Å². The zero-order valence-electron chi connectivity index (χ0n) is 10.9. The van der Waals surface area contributed by atoms with E-state index < -0.39 is 17.4 Å². The number of anilines is 1. The molecule has 3 fully saturated rings. The van der Waals surface area contributed by atoms with Crippen LogP contribution in [0.5, 0.6) is 0 Å². The van der Waals surface area contributed by atoms with Crippen molar-refractivity contribution >= 4 is 17.5 Å². The van der Waals surface area contributed by atoms with Gasteiger partial charge in [0, 0.05) is 0 Å². The second-order valence-electron chi connectivity index (χ2n) is 5.77. The number of nitrogens with zero attached hydrogens (tertiary/aromatic N) is 1. The van der Waals surface area contributed by atoms with Crippen molar-refractivity contribution in [3.05, 3.63) is 30.3 Å². The highest BCUT2D eigenvalue weighted by molar-refractivity contribution is 6.23. The molecule has 2 bridgehead atoms. The number of hydrogen-bond acceptors (Lipinski definition) is 4. The van der Waals surface area contributed by atoms with Gasteiger partial charge in [0.05, 0.1) is 30.2 Å². The molecule has 3 saturated heterocycles. The van der Waals surface area contributed by atoms with Crippen molar-refractivity contribution in [3.63, 3.8) is 0 Å². The van der Waals surface area contributed by atoms with E-state index >= 15 is 0 Å². The first-order valence-corrected chi connectivity index (χ1v) is 6.89. The van der Waals surface area contributed by atoms with E-state index in [1.54, 1.807) is 24.3 Å². The topological polar surface area (TPSA) is 66.8 Å². The summed E-state index contributed by atoms with van der Waals surface area (Å²) < 4.78 is 5.78. The number of carbonyl (C=O) groups excluding carboxylic acids is 2. The van der Waals surface area contributed by atoms with Crippen LogP contribution in [0.1, 0.15) is 12.8 Å². The van der Waals surface area contributed by atoms with Gasteiger partial charge in [-0.2, -0.15) is 0 Å². The van der Waals surface area contributed by atoms with Crippen molar-refractivity contribution in [1.82, 2.24) is 0 Å². The number of imide groups is 1. The third-order valence-corrected chi connectivity index (χ3v) is 4.84. The van der Waals surface area contributed by atoms with E-state index in [-0.39, 0.29) is 24.5 Å². The molecular weight excluding hydrogens is 258 g/mol. The van der Waals surface area contributed by atoms with Crippen LogP contribution in [0.2, 0.25) is 0 Å². The Bertz CT molecular complexity index is 587. The van der Waals surface area contributed by atoms with Gasteiger partial charge >= 0.3 is 0 Å². The van der Waals surface area contributed by atoms with Crippen LogP contribution in [0.3, 0.4) is 0 Å². The minimum absolute atomic E-state index is 0.189. The Morgan fingerprint density at radius 2 is 2.00 bits per heavy atom. The number of aliphatic hydroxyl groups excluding tert-OH is 1. The lowest BCUT2D eigenvalue weighted by molar-refractivity contribution is -0.129. The number of aliphatic hydroxyl groups is 1. The molecule has 20 heavy (non-hydrogen) atoms. The van der Waals surface area contributed by atoms with E-state index in [1.165, 1.54) is 4.90 Å². The van der Waals surface area contributed by atoms with Crippen molar-refractivity contribution in [2.24, 2.45) is 11.8 Å². The predicted molar refractivity (Wildman–Crippen MR) is 69.8 cm³/mol. The van der Waals surface area contributed by atoms with Gasteiger partial charge in [-0.1, -0.05) is 18.2 Å². The molecule has 3 heterocycles. The highest BCUT2D eigenvalue weighted by atomic mass is 16.5. The van der Waals surface area contributed by atoms with E-state index in [2.05, 4.69) is 0 Å². The second kappa shape index (κ2) is 3.90. The minimum atomic E-state index is -0.842. The molecule has 0 radical (unpaired) electrons. The summed E-state index contributed by atoms with van der Waals surface area (Å²) in [5.41, 5.74) is -0.240. The smallest absolute Gasteiger partial charge is 0.240 e. The molecule has 1 aromatic rings. The van der Waals surface area contributed by atoms with Gasteiger partial charge in [0.15, 0.2) is 0 Å². The molecule has 5 heteroatoms. The molecule has 104 valence electrons. The number of ether oxygens (including phenoxy) is 1. The summed E-state index contributed by atoms with van der Waals surface area (Å²) in [6.45, 7) is -0.202. The molecule has 1 N–H and O–H groups in total. The Labute approximate surface area is 116 Å². The number of amides is 2. The fourth-order valence-corrected chi connectivity index (χ4v) is 3.95. The van der Waals surface area contributed by atoms with Gasteiger partial charge in [-0.25, -0.2) is 4.90 Å². The summed E-state index contributed by atoms with van der Waals surface area (Å²) in [4.78, 5) is 26.5. The normalized spacial score (nSPS) is 38.6. The van der Waals surface area contributed by atoms with E-state index in [0.29, 0.717) is 12.1 Å². The summed E-state index contributed by atoms with van der Waals surface area (Å²) in [5, 5.41) is 9.64. The Morgan fingerprint density at radius 1 is 1.25 bits per heavy atom. The SMILES string of the molecule is O=C1C2C3CCC(CO)(O3)C2C(=O)N1c1ccccc1. The second-order valence-corrected chi connectivity index (χ2v) is 5.77. The monoisotopic (exact) mass is 273 g/mol. The quantitative estimate of drug-likeness (QED) is 0.806. The summed E-state index contributed by atoms with van der Waals surface area (Å²) in [6.07, 6.45) is 1.16. The molecule has 1 aromatic carbocycles. The molecule has 4 atom stereocenters. The van der Waals surface area contributed by atoms with Gasteiger partial charge in [-0.15, -0.1) is 0 Å². The van der Waals surface area contributed by atoms with Crippen LogP contribution in [0, 0.1) is 11.8 Å². The molecule has 4 unspecified atom stereocenters. The summed E-state index contributed by atoms with van der Waals surface area (Å²) >= 11 is 0. The number of rotatable bonds is 2. The van der Waals surface area contributed by atoms with E-state index in [9.17, 15) is 14.7 Å². The fourth-order valence-electron chi connectivity index (χ4n) is 3.95. The van der Waals surface area contributed by atoms with Crippen LogP contribution in [0.15, 0.2) is 30.3 Å². The van der Waals surface area contributed by atoms with Crippen molar-refractivity contribution in [2.75, 3.05) is 11.5 Å². The highest BCUT2D eigenvalue weighted by Gasteiger charge is 2.69. The molecule has 0 aromatic heterocycles. The Balaban J connectivity index is 1.78. The third-order valence-electron chi connectivity index (χ3n) is 4.84. The number of para-hydroxylation sites is 1. The van der Waals surface area contributed by atoms with Gasteiger partial charge in [-0.3, -0.25) is 9.59 Å². The zero-order valence-corrected chi connectivity index (χ0v) is 10.9. The van der Waals surface area contributed by atoms with Gasteiger partial charge in [0.2, 0.25) is 11.8 Å². The number of carbonyl (C=O) groups is 2. The fraction of sp³-hybridized carbons (Fsp3) is 0.467. The highest BCUT2D eigenvalue weighted by Crippen LogP contribution is 2.55. The Kier molecular flexibility index (Phi) is 2.35.